The smallest absolute Gasteiger partial charge is 0.315 e. The Hall–Kier alpha value is -4.28. The number of aromatic nitrogens is 2. The quantitative estimate of drug-likeness (QED) is 0.318. The number of nitrogens with one attached hydrogen (secondary N) is 2. The molecular weight excluding hydrogens is 406 g/mol. The number of hydrogen-bond donors (Lipinski definition) is 2. The molecule has 0 spiro atoms. The average Bonchev–Trinajstić information content (AvgIpc) is 2.76. The van der Waals surface area contributed by atoms with Gasteiger partial charge in [-0.1, -0.05) is 12.1 Å². The van der Waals surface area contributed by atoms with E-state index in [1.807, 2.05) is 0 Å². The number of aryl methyl sites for hydroxylation is 1. The van der Waals surface area contributed by atoms with Crippen molar-refractivity contribution in [1.29, 1.82) is 0 Å². The van der Waals surface area contributed by atoms with Crippen LogP contribution in [-0.2, 0) is 11.2 Å². The van der Waals surface area contributed by atoms with E-state index in [1.165, 1.54) is 32.6 Å². The summed E-state index contributed by atoms with van der Waals surface area (Å²) >= 11 is 0. The highest BCUT2D eigenvalue weighted by atomic mass is 16.6. The zero-order valence-electron chi connectivity index (χ0n) is 16.7. The molecule has 11 heteroatoms. The molecule has 0 radical (unpaired) electrons. The number of benzene rings is 2. The van der Waals surface area contributed by atoms with Crippen LogP contribution in [0, 0.1) is 10.1 Å². The predicted octanol–water partition coefficient (Wildman–Crippen LogP) is 1.93. The summed E-state index contributed by atoms with van der Waals surface area (Å²) in [4.78, 5) is 41.8. The topological polar surface area (TPSA) is 149 Å². The van der Waals surface area contributed by atoms with Gasteiger partial charge in [0.1, 0.15) is 5.69 Å². The van der Waals surface area contributed by atoms with Crippen LogP contribution in [-0.4, -0.2) is 41.2 Å². The van der Waals surface area contributed by atoms with E-state index in [1.54, 1.807) is 24.3 Å². The van der Waals surface area contributed by atoms with Crippen LogP contribution in [0.1, 0.15) is 17.7 Å². The minimum absolute atomic E-state index is 0.0122. The van der Waals surface area contributed by atoms with Gasteiger partial charge >= 0.3 is 5.69 Å². The van der Waals surface area contributed by atoms with Crippen LogP contribution in [0.15, 0.2) is 46.3 Å². The van der Waals surface area contributed by atoms with Crippen LogP contribution < -0.4 is 20.5 Å². The van der Waals surface area contributed by atoms with Gasteiger partial charge in [0.15, 0.2) is 5.75 Å². The first-order valence-corrected chi connectivity index (χ1v) is 9.13. The molecule has 0 aliphatic heterocycles. The van der Waals surface area contributed by atoms with Crippen molar-refractivity contribution < 1.29 is 19.2 Å². The molecule has 2 aromatic carbocycles. The molecule has 31 heavy (non-hydrogen) atoms. The van der Waals surface area contributed by atoms with Gasteiger partial charge < -0.3 is 14.5 Å². The van der Waals surface area contributed by atoms with E-state index in [2.05, 4.69) is 20.5 Å². The SMILES string of the molecule is COc1cc(/C=N\NC(=O)CCc2nc3ccccc3[nH]c2=O)cc([N+](=O)[O-])c1OC. The Bertz CT molecular complexity index is 1220. The molecule has 2 N–H and O–H groups in total. The zero-order valence-corrected chi connectivity index (χ0v) is 16.7. The fourth-order valence-corrected chi connectivity index (χ4v) is 2.88. The Labute approximate surface area is 175 Å². The van der Waals surface area contributed by atoms with Crippen LogP contribution in [0.3, 0.4) is 0 Å². The number of carbonyl (C=O) groups excluding carboxylic acids is 1. The number of nitro benzene ring substituents is 1. The Morgan fingerprint density at radius 3 is 2.77 bits per heavy atom. The molecule has 0 bridgehead atoms. The first-order chi connectivity index (χ1) is 14.9. The first kappa shape index (κ1) is 21.4. The molecule has 1 heterocycles. The number of fused-ring (bicyclic) bond motifs is 1. The summed E-state index contributed by atoms with van der Waals surface area (Å²) in [5.74, 6) is -0.298. The van der Waals surface area contributed by atoms with E-state index in [0.717, 1.165) is 0 Å². The normalized spacial score (nSPS) is 10.9. The first-order valence-electron chi connectivity index (χ1n) is 9.13. The second kappa shape index (κ2) is 9.48. The number of carbonyl (C=O) groups is 1. The Balaban J connectivity index is 1.66. The fourth-order valence-electron chi connectivity index (χ4n) is 2.88. The largest absolute Gasteiger partial charge is 0.493 e. The van der Waals surface area contributed by atoms with Gasteiger partial charge in [-0.25, -0.2) is 10.4 Å². The van der Waals surface area contributed by atoms with Crippen LogP contribution in [0.5, 0.6) is 11.5 Å². The maximum absolute atomic E-state index is 12.1. The third kappa shape index (κ3) is 5.01. The monoisotopic (exact) mass is 425 g/mol. The molecule has 0 unspecified atom stereocenters. The number of hydrogen-bond acceptors (Lipinski definition) is 8. The highest BCUT2D eigenvalue weighted by Crippen LogP contribution is 2.37. The maximum Gasteiger partial charge on any atom is 0.315 e. The summed E-state index contributed by atoms with van der Waals surface area (Å²) < 4.78 is 10.1. The van der Waals surface area contributed by atoms with Crippen LogP contribution in [0.4, 0.5) is 5.69 Å². The molecule has 0 fully saturated rings. The number of aromatic amines is 1. The second-order valence-corrected chi connectivity index (χ2v) is 6.36. The lowest BCUT2D eigenvalue weighted by Gasteiger charge is -2.08. The maximum atomic E-state index is 12.1. The van der Waals surface area contributed by atoms with E-state index >= 15 is 0 Å². The van der Waals surface area contributed by atoms with Crippen molar-refractivity contribution >= 4 is 28.8 Å². The van der Waals surface area contributed by atoms with Gasteiger partial charge in [0.2, 0.25) is 11.7 Å². The second-order valence-electron chi connectivity index (χ2n) is 6.36. The van der Waals surface area contributed by atoms with Crippen LogP contribution >= 0.6 is 0 Å². The number of rotatable bonds is 8. The Morgan fingerprint density at radius 2 is 2.06 bits per heavy atom. The van der Waals surface area contributed by atoms with E-state index in [4.69, 9.17) is 9.47 Å². The number of hydrazone groups is 1. The van der Waals surface area contributed by atoms with E-state index in [9.17, 15) is 19.7 Å². The molecule has 0 saturated carbocycles. The summed E-state index contributed by atoms with van der Waals surface area (Å²) in [6, 6.07) is 9.83. The summed E-state index contributed by atoms with van der Waals surface area (Å²) in [6.45, 7) is 0. The number of para-hydroxylation sites is 2. The molecule has 0 atom stereocenters. The number of nitrogens with zero attached hydrogens (tertiary/aromatic N) is 3. The number of nitro groups is 1. The van der Waals surface area contributed by atoms with Crippen molar-refractivity contribution in [3.05, 3.63) is 68.1 Å². The predicted molar refractivity (Wildman–Crippen MR) is 113 cm³/mol. The van der Waals surface area contributed by atoms with Crippen molar-refractivity contribution in [2.24, 2.45) is 5.10 Å². The van der Waals surface area contributed by atoms with Gasteiger partial charge in [0.05, 0.1) is 36.4 Å². The Morgan fingerprint density at radius 1 is 1.29 bits per heavy atom. The summed E-state index contributed by atoms with van der Waals surface area (Å²) in [6.07, 6.45) is 1.36. The molecule has 3 rings (SSSR count). The lowest BCUT2D eigenvalue weighted by molar-refractivity contribution is -0.385. The van der Waals surface area contributed by atoms with Crippen molar-refractivity contribution in [3.63, 3.8) is 0 Å². The molecule has 11 nitrogen and oxygen atoms in total. The van der Waals surface area contributed by atoms with E-state index in [0.29, 0.717) is 16.6 Å². The van der Waals surface area contributed by atoms with Crippen molar-refractivity contribution in [2.75, 3.05) is 14.2 Å². The third-order valence-electron chi connectivity index (χ3n) is 4.34. The molecule has 1 aromatic heterocycles. The summed E-state index contributed by atoms with van der Waals surface area (Å²) in [5.41, 5.74) is 3.50. The van der Waals surface area contributed by atoms with Gasteiger partial charge in [-0.3, -0.25) is 19.7 Å². The average molecular weight is 425 g/mol. The van der Waals surface area contributed by atoms with Crippen molar-refractivity contribution in [2.45, 2.75) is 12.8 Å². The van der Waals surface area contributed by atoms with Crippen molar-refractivity contribution in [3.8, 4) is 11.5 Å². The number of ether oxygens (including phenoxy) is 2. The minimum Gasteiger partial charge on any atom is -0.493 e. The van der Waals surface area contributed by atoms with Gasteiger partial charge in [-0.15, -0.1) is 0 Å². The zero-order chi connectivity index (χ0) is 22.4. The fraction of sp³-hybridized carbons (Fsp3) is 0.200. The molecule has 3 aromatic rings. The van der Waals surface area contributed by atoms with Crippen LogP contribution in [0.25, 0.3) is 11.0 Å². The molecule has 0 aliphatic rings. The van der Waals surface area contributed by atoms with Crippen LogP contribution in [0.2, 0.25) is 0 Å². The minimum atomic E-state index is -0.606. The van der Waals surface area contributed by atoms with Gasteiger partial charge in [0, 0.05) is 24.5 Å². The third-order valence-corrected chi connectivity index (χ3v) is 4.34. The highest BCUT2D eigenvalue weighted by Gasteiger charge is 2.21. The molecule has 0 saturated heterocycles. The number of amides is 1. The molecule has 160 valence electrons. The lowest BCUT2D eigenvalue weighted by atomic mass is 10.2. The van der Waals surface area contributed by atoms with Crippen molar-refractivity contribution in [1.82, 2.24) is 15.4 Å². The van der Waals surface area contributed by atoms with E-state index in [-0.39, 0.29) is 41.3 Å². The number of methoxy groups -OCH3 is 2. The molecular formula is C20H19N5O6. The summed E-state index contributed by atoms with van der Waals surface area (Å²) in [5, 5.41) is 15.0. The standard InChI is InChI=1S/C20H19N5O6/c1-30-17-10-12(9-16(25(28)29)19(17)31-2)11-21-24-18(26)8-7-15-20(27)23-14-6-4-3-5-13(14)22-15/h3-6,9-11H,7-8H2,1-2H3,(H,23,27)(H,24,26)/b21-11-. The van der Waals surface area contributed by atoms with Gasteiger partial charge in [0.25, 0.3) is 5.56 Å². The van der Waals surface area contributed by atoms with Gasteiger partial charge in [-0.2, -0.15) is 5.10 Å². The lowest BCUT2D eigenvalue weighted by Crippen LogP contribution is -2.21. The number of H-pyrrole nitrogens is 1. The van der Waals surface area contributed by atoms with E-state index < -0.39 is 10.8 Å². The molecule has 1 amide bonds. The summed E-state index contributed by atoms with van der Waals surface area (Å²) in [7, 11) is 2.65. The van der Waals surface area contributed by atoms with Gasteiger partial charge in [-0.05, 0) is 18.2 Å². The molecule has 0 aliphatic carbocycles. The highest BCUT2D eigenvalue weighted by molar-refractivity contribution is 5.85. The Kier molecular flexibility index (Phi) is 6.55.